The summed E-state index contributed by atoms with van der Waals surface area (Å²) in [5.41, 5.74) is 0.121. The second-order valence-corrected chi connectivity index (χ2v) is 3.59. The lowest BCUT2D eigenvalue weighted by atomic mass is 10.2. The maximum absolute atomic E-state index is 13.2. The molecule has 0 saturated carbocycles. The van der Waals surface area contributed by atoms with Crippen LogP contribution in [0.25, 0.3) is 0 Å². The predicted molar refractivity (Wildman–Crippen MR) is 55.9 cm³/mol. The molecule has 1 aromatic rings. The van der Waals surface area contributed by atoms with E-state index in [-0.39, 0.29) is 11.3 Å². The van der Waals surface area contributed by atoms with Crippen LogP contribution in [0, 0.1) is 5.82 Å². The first-order valence-corrected chi connectivity index (χ1v) is 5.33. The van der Waals surface area contributed by atoms with Gasteiger partial charge in [0.1, 0.15) is 0 Å². The van der Waals surface area contributed by atoms with Gasteiger partial charge < -0.3 is 4.74 Å². The van der Waals surface area contributed by atoms with Gasteiger partial charge in [0.2, 0.25) is 0 Å². The zero-order chi connectivity index (χ0) is 10.6. The number of hydrogen-bond acceptors (Lipinski definition) is 2. The molecular formula is C9H7BrClFO2. The van der Waals surface area contributed by atoms with Gasteiger partial charge in [-0.3, -0.25) is 4.79 Å². The predicted octanol–water partition coefficient (Wildman–Crippen LogP) is 2.98. The number of ether oxygens (including phenoxy) is 1. The number of rotatable bonds is 4. The van der Waals surface area contributed by atoms with Crippen molar-refractivity contribution in [1.82, 2.24) is 0 Å². The normalized spacial score (nSPS) is 9.93. The molecule has 0 aliphatic rings. The average Bonchev–Trinajstić information content (AvgIpc) is 2.15. The molecular weight excluding hydrogens is 274 g/mol. The molecule has 0 atom stereocenters. The Balaban J connectivity index is 2.84. The highest BCUT2D eigenvalue weighted by Crippen LogP contribution is 2.19. The molecule has 0 heterocycles. The van der Waals surface area contributed by atoms with E-state index < -0.39 is 11.1 Å². The maximum atomic E-state index is 13.2. The monoisotopic (exact) mass is 280 g/mol. The van der Waals surface area contributed by atoms with E-state index >= 15 is 0 Å². The van der Waals surface area contributed by atoms with E-state index in [1.165, 1.54) is 12.1 Å². The molecule has 76 valence electrons. The Kier molecular flexibility index (Phi) is 4.35. The number of alkyl halides is 1. The lowest BCUT2D eigenvalue weighted by molar-refractivity contribution is 0.108. The van der Waals surface area contributed by atoms with Crippen molar-refractivity contribution in [3.05, 3.63) is 29.6 Å². The van der Waals surface area contributed by atoms with Gasteiger partial charge in [-0.05, 0) is 29.8 Å². The van der Waals surface area contributed by atoms with Crippen molar-refractivity contribution in [3.8, 4) is 5.75 Å². The van der Waals surface area contributed by atoms with Gasteiger partial charge in [0, 0.05) is 10.9 Å². The Morgan fingerprint density at radius 1 is 1.57 bits per heavy atom. The quantitative estimate of drug-likeness (QED) is 0.626. The summed E-state index contributed by atoms with van der Waals surface area (Å²) in [6.07, 6.45) is 0. The summed E-state index contributed by atoms with van der Waals surface area (Å²) in [4.78, 5) is 10.7. The van der Waals surface area contributed by atoms with Crippen molar-refractivity contribution in [2.24, 2.45) is 0 Å². The maximum Gasteiger partial charge on any atom is 0.252 e. The van der Waals surface area contributed by atoms with Crippen molar-refractivity contribution in [2.45, 2.75) is 0 Å². The summed E-state index contributed by atoms with van der Waals surface area (Å²) < 4.78 is 18.2. The Hall–Kier alpha value is -0.610. The molecule has 14 heavy (non-hydrogen) atoms. The van der Waals surface area contributed by atoms with E-state index in [2.05, 4.69) is 15.9 Å². The first kappa shape index (κ1) is 11.5. The highest BCUT2D eigenvalue weighted by molar-refractivity contribution is 9.09. The molecule has 0 saturated heterocycles. The molecule has 0 radical (unpaired) electrons. The van der Waals surface area contributed by atoms with Crippen molar-refractivity contribution in [3.63, 3.8) is 0 Å². The van der Waals surface area contributed by atoms with Crippen LogP contribution in [-0.2, 0) is 0 Å². The highest BCUT2D eigenvalue weighted by Gasteiger charge is 2.07. The van der Waals surface area contributed by atoms with Crippen LogP contribution in [0.2, 0.25) is 0 Å². The largest absolute Gasteiger partial charge is 0.490 e. The van der Waals surface area contributed by atoms with E-state index in [1.807, 2.05) is 0 Å². The summed E-state index contributed by atoms with van der Waals surface area (Å²) in [6.45, 7) is 0.366. The lowest BCUT2D eigenvalue weighted by Gasteiger charge is -2.05. The number of carbonyl (C=O) groups excluding carboxylic acids is 1. The van der Waals surface area contributed by atoms with Crippen LogP contribution in [0.15, 0.2) is 18.2 Å². The van der Waals surface area contributed by atoms with Crippen molar-refractivity contribution >= 4 is 32.8 Å². The fraction of sp³-hybridized carbons (Fsp3) is 0.222. The average molecular weight is 282 g/mol. The van der Waals surface area contributed by atoms with Crippen LogP contribution in [-0.4, -0.2) is 17.2 Å². The van der Waals surface area contributed by atoms with Crippen molar-refractivity contribution in [1.29, 1.82) is 0 Å². The molecule has 0 amide bonds. The Labute approximate surface area is 94.1 Å². The molecule has 0 aliphatic carbocycles. The van der Waals surface area contributed by atoms with Gasteiger partial charge in [-0.2, -0.15) is 0 Å². The van der Waals surface area contributed by atoms with Gasteiger partial charge >= 0.3 is 0 Å². The van der Waals surface area contributed by atoms with Crippen LogP contribution in [0.5, 0.6) is 5.75 Å². The zero-order valence-electron chi connectivity index (χ0n) is 7.10. The summed E-state index contributed by atoms with van der Waals surface area (Å²) in [6, 6.07) is 3.86. The van der Waals surface area contributed by atoms with Crippen molar-refractivity contribution < 1.29 is 13.9 Å². The standard InChI is InChI=1S/C9H7BrClFO2/c10-3-4-14-8-2-1-6(9(11)13)5-7(8)12/h1-2,5H,3-4H2. The summed E-state index contributed by atoms with van der Waals surface area (Å²) in [5.74, 6) is -0.469. The van der Waals surface area contributed by atoms with Crippen LogP contribution in [0.1, 0.15) is 10.4 Å². The highest BCUT2D eigenvalue weighted by atomic mass is 79.9. The summed E-state index contributed by atoms with van der Waals surface area (Å²) in [7, 11) is 0. The topological polar surface area (TPSA) is 26.3 Å². The SMILES string of the molecule is O=C(Cl)c1ccc(OCCBr)c(F)c1. The summed E-state index contributed by atoms with van der Waals surface area (Å²) >= 11 is 8.32. The molecule has 0 fully saturated rings. The van der Waals surface area contributed by atoms with Gasteiger partial charge in [-0.15, -0.1) is 0 Å². The van der Waals surface area contributed by atoms with E-state index in [9.17, 15) is 9.18 Å². The van der Waals surface area contributed by atoms with Crippen LogP contribution in [0.3, 0.4) is 0 Å². The third kappa shape index (κ3) is 2.96. The van der Waals surface area contributed by atoms with Crippen LogP contribution in [0.4, 0.5) is 4.39 Å². The molecule has 0 unspecified atom stereocenters. The Morgan fingerprint density at radius 2 is 2.29 bits per heavy atom. The van der Waals surface area contributed by atoms with E-state index in [4.69, 9.17) is 16.3 Å². The van der Waals surface area contributed by atoms with Crippen molar-refractivity contribution in [2.75, 3.05) is 11.9 Å². The minimum atomic E-state index is -0.684. The smallest absolute Gasteiger partial charge is 0.252 e. The second kappa shape index (κ2) is 5.32. The zero-order valence-corrected chi connectivity index (χ0v) is 9.44. The molecule has 5 heteroatoms. The summed E-state index contributed by atoms with van der Waals surface area (Å²) in [5, 5.41) is -0.0706. The fourth-order valence-electron chi connectivity index (χ4n) is 0.889. The Morgan fingerprint density at radius 3 is 2.79 bits per heavy atom. The minimum absolute atomic E-state index is 0.117. The number of benzene rings is 1. The van der Waals surface area contributed by atoms with Gasteiger partial charge in [0.25, 0.3) is 5.24 Å². The molecule has 1 aromatic carbocycles. The van der Waals surface area contributed by atoms with Crippen LogP contribution >= 0.6 is 27.5 Å². The van der Waals surface area contributed by atoms with Gasteiger partial charge in [0.15, 0.2) is 11.6 Å². The van der Waals surface area contributed by atoms with E-state index in [0.717, 1.165) is 6.07 Å². The third-order valence-corrected chi connectivity index (χ3v) is 2.04. The molecule has 0 aromatic heterocycles. The fourth-order valence-corrected chi connectivity index (χ4v) is 1.17. The number of hydrogen-bond donors (Lipinski definition) is 0. The molecule has 0 spiro atoms. The lowest BCUT2D eigenvalue weighted by Crippen LogP contribution is -2.00. The molecule has 0 bridgehead atoms. The third-order valence-electron chi connectivity index (χ3n) is 1.49. The molecule has 1 rings (SSSR count). The molecule has 0 N–H and O–H groups in total. The van der Waals surface area contributed by atoms with Crippen LogP contribution < -0.4 is 4.74 Å². The number of carbonyl (C=O) groups is 1. The van der Waals surface area contributed by atoms with Gasteiger partial charge in [-0.1, -0.05) is 15.9 Å². The van der Waals surface area contributed by atoms with E-state index in [1.54, 1.807) is 0 Å². The molecule has 2 nitrogen and oxygen atoms in total. The number of halogens is 3. The first-order chi connectivity index (χ1) is 6.65. The molecule has 0 aliphatic heterocycles. The second-order valence-electron chi connectivity index (χ2n) is 2.46. The van der Waals surface area contributed by atoms with Gasteiger partial charge in [-0.25, -0.2) is 4.39 Å². The van der Waals surface area contributed by atoms with E-state index in [0.29, 0.717) is 11.9 Å². The Bertz CT molecular complexity index is 344. The first-order valence-electron chi connectivity index (χ1n) is 3.83. The van der Waals surface area contributed by atoms with Gasteiger partial charge in [0.05, 0.1) is 6.61 Å². The minimum Gasteiger partial charge on any atom is -0.490 e.